The summed E-state index contributed by atoms with van der Waals surface area (Å²) < 4.78 is 5.27. The molecule has 0 saturated carbocycles. The van der Waals surface area contributed by atoms with E-state index in [9.17, 15) is 4.79 Å². The molecule has 4 rings (SSSR count). The van der Waals surface area contributed by atoms with Gasteiger partial charge in [0.2, 0.25) is 0 Å². The summed E-state index contributed by atoms with van der Waals surface area (Å²) in [7, 11) is 1.65. The molecule has 0 spiro atoms. The van der Waals surface area contributed by atoms with Crippen molar-refractivity contribution < 1.29 is 9.53 Å². The number of methoxy groups -OCH3 is 1. The van der Waals surface area contributed by atoms with Crippen LogP contribution in [0, 0.1) is 13.8 Å². The molecule has 1 saturated heterocycles. The predicted octanol–water partition coefficient (Wildman–Crippen LogP) is 3.15. The number of hydrogen-bond acceptors (Lipinski definition) is 4. The van der Waals surface area contributed by atoms with Crippen molar-refractivity contribution in [3.8, 4) is 5.75 Å². The lowest BCUT2D eigenvalue weighted by molar-refractivity contribution is 0.0741. The van der Waals surface area contributed by atoms with Gasteiger partial charge in [-0.25, -0.2) is 4.98 Å². The number of nitrogens with one attached hydrogen (secondary N) is 1. The van der Waals surface area contributed by atoms with E-state index < -0.39 is 0 Å². The highest BCUT2D eigenvalue weighted by Crippen LogP contribution is 2.24. The molecule has 27 heavy (non-hydrogen) atoms. The molecule has 140 valence electrons. The van der Waals surface area contributed by atoms with E-state index in [1.807, 2.05) is 29.2 Å². The lowest BCUT2D eigenvalue weighted by atomic mass is 10.1. The van der Waals surface area contributed by atoms with Crippen molar-refractivity contribution >= 4 is 22.6 Å². The number of aromatic amines is 1. The van der Waals surface area contributed by atoms with E-state index in [0.29, 0.717) is 18.8 Å². The average Bonchev–Trinajstić information content (AvgIpc) is 3.15. The first-order chi connectivity index (χ1) is 13.1. The number of fused-ring (bicyclic) bond motifs is 1. The molecule has 0 bridgehead atoms. The van der Waals surface area contributed by atoms with E-state index in [2.05, 4.69) is 34.8 Å². The second-order valence-electron chi connectivity index (χ2n) is 6.98. The average molecular weight is 364 g/mol. The number of pyridine rings is 1. The van der Waals surface area contributed by atoms with E-state index in [0.717, 1.165) is 35.6 Å². The Bertz CT molecular complexity index is 987. The van der Waals surface area contributed by atoms with E-state index >= 15 is 0 Å². The molecule has 1 aliphatic rings. The minimum atomic E-state index is 0.0569. The monoisotopic (exact) mass is 364 g/mol. The molecule has 6 heteroatoms. The van der Waals surface area contributed by atoms with Crippen LogP contribution in [0.5, 0.6) is 5.75 Å². The summed E-state index contributed by atoms with van der Waals surface area (Å²) in [6, 6.07) is 9.88. The Labute approximate surface area is 158 Å². The predicted molar refractivity (Wildman–Crippen MR) is 107 cm³/mol. The summed E-state index contributed by atoms with van der Waals surface area (Å²) in [6.45, 7) is 7.04. The molecular weight excluding hydrogens is 340 g/mol. The maximum Gasteiger partial charge on any atom is 0.270 e. The molecule has 0 unspecified atom stereocenters. The third kappa shape index (κ3) is 3.23. The zero-order valence-corrected chi connectivity index (χ0v) is 16.0. The molecule has 0 radical (unpaired) electrons. The van der Waals surface area contributed by atoms with Gasteiger partial charge in [0.15, 0.2) is 0 Å². The van der Waals surface area contributed by atoms with Gasteiger partial charge in [-0.3, -0.25) is 4.79 Å². The van der Waals surface area contributed by atoms with Crippen LogP contribution in [0.3, 0.4) is 0 Å². The highest BCUT2D eigenvalue weighted by Gasteiger charge is 2.24. The van der Waals surface area contributed by atoms with Gasteiger partial charge in [0.1, 0.15) is 17.3 Å². The lowest BCUT2D eigenvalue weighted by Crippen LogP contribution is -2.49. The Morgan fingerprint density at radius 2 is 1.89 bits per heavy atom. The van der Waals surface area contributed by atoms with Gasteiger partial charge in [0, 0.05) is 49.3 Å². The summed E-state index contributed by atoms with van der Waals surface area (Å²) in [5, 5.41) is 1.12. The molecule has 3 heterocycles. The highest BCUT2D eigenvalue weighted by molar-refractivity contribution is 5.99. The van der Waals surface area contributed by atoms with Gasteiger partial charge in [-0.2, -0.15) is 0 Å². The first-order valence-corrected chi connectivity index (χ1v) is 9.20. The number of carbonyl (C=O) groups excluding carboxylic acids is 1. The largest absolute Gasteiger partial charge is 0.497 e. The number of aryl methyl sites for hydroxylation is 2. The second kappa shape index (κ2) is 6.95. The normalized spacial score (nSPS) is 14.6. The maximum atomic E-state index is 12.9. The fourth-order valence-electron chi connectivity index (χ4n) is 3.58. The summed E-state index contributed by atoms with van der Waals surface area (Å²) in [4.78, 5) is 24.7. The zero-order chi connectivity index (χ0) is 19.0. The van der Waals surface area contributed by atoms with Crippen molar-refractivity contribution in [2.45, 2.75) is 13.8 Å². The zero-order valence-electron chi connectivity index (χ0n) is 16.0. The van der Waals surface area contributed by atoms with Gasteiger partial charge in [-0.1, -0.05) is 6.07 Å². The first-order valence-electron chi connectivity index (χ1n) is 9.20. The molecule has 1 amide bonds. The summed E-state index contributed by atoms with van der Waals surface area (Å²) in [5.74, 6) is 1.74. The van der Waals surface area contributed by atoms with Crippen molar-refractivity contribution in [3.05, 3.63) is 53.3 Å². The number of nitrogens with zero attached hydrogens (tertiary/aromatic N) is 3. The number of amides is 1. The fourth-order valence-corrected chi connectivity index (χ4v) is 3.58. The summed E-state index contributed by atoms with van der Waals surface area (Å²) >= 11 is 0. The number of piperazine rings is 1. The Morgan fingerprint density at radius 1 is 1.11 bits per heavy atom. The van der Waals surface area contributed by atoms with E-state index in [-0.39, 0.29) is 5.91 Å². The third-order valence-corrected chi connectivity index (χ3v) is 5.42. The van der Waals surface area contributed by atoms with Crippen molar-refractivity contribution in [3.63, 3.8) is 0 Å². The molecular formula is C21H24N4O2. The Balaban J connectivity index is 1.48. The van der Waals surface area contributed by atoms with Crippen LogP contribution in [0.2, 0.25) is 0 Å². The third-order valence-electron chi connectivity index (χ3n) is 5.42. The topological polar surface area (TPSA) is 61.5 Å². The molecule has 1 aromatic carbocycles. The van der Waals surface area contributed by atoms with Crippen LogP contribution in [-0.4, -0.2) is 54.1 Å². The van der Waals surface area contributed by atoms with Crippen LogP contribution in [-0.2, 0) is 0 Å². The lowest BCUT2D eigenvalue weighted by Gasteiger charge is -2.35. The van der Waals surface area contributed by atoms with E-state index in [4.69, 9.17) is 4.74 Å². The molecule has 1 aliphatic heterocycles. The van der Waals surface area contributed by atoms with Crippen LogP contribution in [0.4, 0.5) is 5.82 Å². The molecule has 3 aromatic rings. The number of carbonyl (C=O) groups is 1. The SMILES string of the molecule is COc1ccnc(N2CCN(C(=O)c3cc4c(C)c(C)ccc4[nH]3)CC2)c1. The minimum absolute atomic E-state index is 0.0569. The van der Waals surface area contributed by atoms with Crippen LogP contribution < -0.4 is 9.64 Å². The Kier molecular flexibility index (Phi) is 4.48. The number of anilines is 1. The molecule has 1 N–H and O–H groups in total. The standard InChI is InChI=1S/C21H24N4O2/c1-14-4-5-18-17(15(14)2)13-19(23-18)21(26)25-10-8-24(9-11-25)20-12-16(27-3)6-7-22-20/h4-7,12-13,23H,8-11H2,1-3H3. The smallest absolute Gasteiger partial charge is 0.270 e. The quantitative estimate of drug-likeness (QED) is 0.776. The number of benzene rings is 1. The van der Waals surface area contributed by atoms with Gasteiger partial charge in [-0.15, -0.1) is 0 Å². The van der Waals surface area contributed by atoms with Crippen LogP contribution in [0.25, 0.3) is 10.9 Å². The van der Waals surface area contributed by atoms with Gasteiger partial charge >= 0.3 is 0 Å². The van der Waals surface area contributed by atoms with Crippen LogP contribution in [0.15, 0.2) is 36.5 Å². The van der Waals surface area contributed by atoms with Gasteiger partial charge in [0.05, 0.1) is 7.11 Å². The Hall–Kier alpha value is -3.02. The van der Waals surface area contributed by atoms with Crippen molar-refractivity contribution in [2.75, 3.05) is 38.2 Å². The number of rotatable bonds is 3. The minimum Gasteiger partial charge on any atom is -0.497 e. The number of aromatic nitrogens is 2. The van der Waals surface area contributed by atoms with Gasteiger partial charge in [0.25, 0.3) is 5.91 Å². The van der Waals surface area contributed by atoms with Crippen LogP contribution in [0.1, 0.15) is 21.6 Å². The fraction of sp³-hybridized carbons (Fsp3) is 0.333. The molecule has 6 nitrogen and oxygen atoms in total. The van der Waals surface area contributed by atoms with Crippen LogP contribution >= 0.6 is 0 Å². The first kappa shape index (κ1) is 17.4. The summed E-state index contributed by atoms with van der Waals surface area (Å²) in [5.41, 5.74) is 4.13. The number of hydrogen-bond donors (Lipinski definition) is 1. The number of ether oxygens (including phenoxy) is 1. The van der Waals surface area contributed by atoms with Crippen molar-refractivity contribution in [2.24, 2.45) is 0 Å². The van der Waals surface area contributed by atoms with Crippen molar-refractivity contribution in [1.82, 2.24) is 14.9 Å². The highest BCUT2D eigenvalue weighted by atomic mass is 16.5. The van der Waals surface area contributed by atoms with Gasteiger partial charge < -0.3 is 19.5 Å². The molecule has 0 aliphatic carbocycles. The van der Waals surface area contributed by atoms with E-state index in [1.54, 1.807) is 13.3 Å². The Morgan fingerprint density at radius 3 is 2.63 bits per heavy atom. The second-order valence-corrected chi connectivity index (χ2v) is 6.98. The summed E-state index contributed by atoms with van der Waals surface area (Å²) in [6.07, 6.45) is 1.75. The molecule has 1 fully saturated rings. The van der Waals surface area contributed by atoms with Gasteiger partial charge in [-0.05, 0) is 43.2 Å². The molecule has 2 aromatic heterocycles. The van der Waals surface area contributed by atoms with E-state index in [1.165, 1.54) is 11.1 Å². The van der Waals surface area contributed by atoms with Crippen molar-refractivity contribution in [1.29, 1.82) is 0 Å². The maximum absolute atomic E-state index is 12.9. The number of H-pyrrole nitrogens is 1. The molecule has 0 atom stereocenters.